The number of carbonyl (C=O) groups excluding carboxylic acids is 1. The molecule has 41 heavy (non-hydrogen) atoms. The average Bonchev–Trinajstić information content (AvgIpc) is 2.94. The quantitative estimate of drug-likeness (QED) is 0.240. The van der Waals surface area contributed by atoms with E-state index in [4.69, 9.17) is 28.2 Å². The van der Waals surface area contributed by atoms with E-state index in [1.54, 1.807) is 6.07 Å². The summed E-state index contributed by atoms with van der Waals surface area (Å²) in [5, 5.41) is 11.6. The Morgan fingerprint density at radius 1 is 1.15 bits per heavy atom. The largest absolute Gasteiger partial charge is 0.349 e. The molecule has 2 aromatic rings. The number of amides is 1. The standard InChI is InChI=1S/C33H45Cl2N5O/c1-6-26(15-23-7-10-25(34)18-29(23)35)37-31(41)22-8-11-27(12-9-22)38-32(40-14-13-36-20(2)19-40)39-30-17-24-16-28(21(30)3)33(24,4)5/h7-12,18,20-21,24,26,28,30,36H,6,13-17,19H2,1-5H3,(H,37,41)(H,38,39)/t20-,21-,24+,26?,28-,30-/m0/s1. The summed E-state index contributed by atoms with van der Waals surface area (Å²) in [6.07, 6.45) is 3.96. The minimum absolute atomic E-state index is 0.0268. The van der Waals surface area contributed by atoms with Crippen LogP contribution in [0.1, 0.15) is 69.8 Å². The number of piperazine rings is 1. The highest BCUT2D eigenvalue weighted by Crippen LogP contribution is 2.61. The van der Waals surface area contributed by atoms with Crippen LogP contribution in [0.3, 0.4) is 0 Å². The predicted octanol–water partition coefficient (Wildman–Crippen LogP) is 6.88. The minimum Gasteiger partial charge on any atom is -0.349 e. The third-order valence-corrected chi connectivity index (χ3v) is 10.6. The first-order valence-corrected chi connectivity index (χ1v) is 16.0. The number of hydrogen-bond acceptors (Lipinski definition) is 3. The maximum absolute atomic E-state index is 13.1. The molecule has 222 valence electrons. The Balaban J connectivity index is 1.27. The third kappa shape index (κ3) is 6.71. The van der Waals surface area contributed by atoms with Gasteiger partial charge in [-0.3, -0.25) is 4.79 Å². The van der Waals surface area contributed by atoms with E-state index < -0.39 is 0 Å². The van der Waals surface area contributed by atoms with Crippen molar-refractivity contribution >= 4 is 40.8 Å². The Morgan fingerprint density at radius 3 is 2.54 bits per heavy atom. The summed E-state index contributed by atoms with van der Waals surface area (Å²) in [5.41, 5.74) is 3.00. The van der Waals surface area contributed by atoms with E-state index in [-0.39, 0.29) is 11.9 Å². The second-order valence-electron chi connectivity index (χ2n) is 13.0. The highest BCUT2D eigenvalue weighted by molar-refractivity contribution is 6.35. The van der Waals surface area contributed by atoms with Gasteiger partial charge in [0.2, 0.25) is 0 Å². The topological polar surface area (TPSA) is 68.8 Å². The maximum atomic E-state index is 13.1. The summed E-state index contributed by atoms with van der Waals surface area (Å²) < 4.78 is 0. The predicted molar refractivity (Wildman–Crippen MR) is 171 cm³/mol. The van der Waals surface area contributed by atoms with E-state index in [1.165, 1.54) is 6.42 Å². The molecule has 3 saturated carbocycles. The molecule has 4 aliphatic rings. The zero-order chi connectivity index (χ0) is 29.3. The number of hydrogen-bond donors (Lipinski definition) is 3. The molecule has 2 bridgehead atoms. The van der Waals surface area contributed by atoms with E-state index in [2.05, 4.69) is 55.5 Å². The number of fused-ring (bicyclic) bond motifs is 2. The van der Waals surface area contributed by atoms with E-state index in [9.17, 15) is 4.79 Å². The molecule has 6 rings (SSSR count). The second kappa shape index (κ2) is 12.5. The number of nitrogens with one attached hydrogen (secondary N) is 3. The van der Waals surface area contributed by atoms with Crippen LogP contribution in [0, 0.1) is 23.2 Å². The summed E-state index contributed by atoms with van der Waals surface area (Å²) >= 11 is 12.4. The lowest BCUT2D eigenvalue weighted by Crippen LogP contribution is -2.57. The van der Waals surface area contributed by atoms with E-state index >= 15 is 0 Å². The second-order valence-corrected chi connectivity index (χ2v) is 13.8. The first-order chi connectivity index (χ1) is 19.5. The first-order valence-electron chi connectivity index (χ1n) is 15.2. The number of aliphatic imine (C=N–C) groups is 1. The van der Waals surface area contributed by atoms with Gasteiger partial charge in [-0.1, -0.05) is 57.0 Å². The van der Waals surface area contributed by atoms with Crippen molar-refractivity contribution in [2.45, 2.75) is 78.4 Å². The number of halogens is 2. The Bertz CT molecular complexity index is 1260. The molecule has 6 nitrogen and oxygen atoms in total. The molecular weight excluding hydrogens is 553 g/mol. The molecule has 1 amide bonds. The number of anilines is 1. The summed E-state index contributed by atoms with van der Waals surface area (Å²) in [7, 11) is 0. The Hall–Kier alpha value is -2.28. The lowest BCUT2D eigenvalue weighted by molar-refractivity contribution is -0.108. The molecule has 1 saturated heterocycles. The van der Waals surface area contributed by atoms with Gasteiger partial charge in [0.05, 0.1) is 6.04 Å². The van der Waals surface area contributed by atoms with Crippen LogP contribution in [-0.2, 0) is 6.42 Å². The Kier molecular flexibility index (Phi) is 9.22. The fraction of sp³-hybridized carbons (Fsp3) is 0.576. The summed E-state index contributed by atoms with van der Waals surface area (Å²) in [6, 6.07) is 14.0. The van der Waals surface area contributed by atoms with Gasteiger partial charge in [-0.05, 0) is 97.7 Å². The van der Waals surface area contributed by atoms with Crippen LogP contribution in [0.4, 0.5) is 5.69 Å². The van der Waals surface area contributed by atoms with Crippen molar-refractivity contribution in [1.82, 2.24) is 15.5 Å². The number of guanidine groups is 1. The molecule has 0 radical (unpaired) electrons. The molecule has 0 aromatic heterocycles. The van der Waals surface area contributed by atoms with Gasteiger partial charge in [-0.2, -0.15) is 0 Å². The van der Waals surface area contributed by atoms with Gasteiger partial charge in [-0.15, -0.1) is 0 Å². The zero-order valence-electron chi connectivity index (χ0n) is 25.0. The number of carbonyl (C=O) groups is 1. The van der Waals surface area contributed by atoms with Crippen molar-refractivity contribution in [3.63, 3.8) is 0 Å². The molecule has 4 fully saturated rings. The monoisotopic (exact) mass is 597 g/mol. The van der Waals surface area contributed by atoms with E-state index in [0.29, 0.717) is 45.4 Å². The normalized spacial score (nSPS) is 28.0. The minimum atomic E-state index is -0.0869. The van der Waals surface area contributed by atoms with Gasteiger partial charge in [-0.25, -0.2) is 4.99 Å². The van der Waals surface area contributed by atoms with Gasteiger partial charge in [0, 0.05) is 53.0 Å². The molecule has 3 N–H and O–H groups in total. The summed E-state index contributed by atoms with van der Waals surface area (Å²) in [5.74, 6) is 2.96. The fourth-order valence-electron chi connectivity index (χ4n) is 7.12. The highest BCUT2D eigenvalue weighted by Gasteiger charge is 2.56. The number of rotatable bonds is 7. The molecule has 6 atom stereocenters. The van der Waals surface area contributed by atoms with Crippen LogP contribution in [-0.4, -0.2) is 54.5 Å². The molecule has 3 aliphatic carbocycles. The van der Waals surface area contributed by atoms with Crippen molar-refractivity contribution in [2.24, 2.45) is 28.2 Å². The maximum Gasteiger partial charge on any atom is 0.251 e. The zero-order valence-corrected chi connectivity index (χ0v) is 26.5. The lowest BCUT2D eigenvalue weighted by atomic mass is 9.45. The molecule has 2 aromatic carbocycles. The Labute approximate surface area is 255 Å². The number of benzene rings is 2. The van der Waals surface area contributed by atoms with Crippen LogP contribution < -0.4 is 16.0 Å². The molecule has 8 heteroatoms. The van der Waals surface area contributed by atoms with Crippen molar-refractivity contribution < 1.29 is 4.79 Å². The van der Waals surface area contributed by atoms with Crippen LogP contribution in [0.15, 0.2) is 47.5 Å². The summed E-state index contributed by atoms with van der Waals surface area (Å²) in [6.45, 7) is 14.3. The van der Waals surface area contributed by atoms with Crippen LogP contribution in [0.25, 0.3) is 0 Å². The van der Waals surface area contributed by atoms with Crippen LogP contribution in [0.2, 0.25) is 10.0 Å². The molecule has 1 heterocycles. The van der Waals surface area contributed by atoms with Crippen LogP contribution in [0.5, 0.6) is 0 Å². The third-order valence-electron chi connectivity index (χ3n) is 9.98. The molecular formula is C33H45Cl2N5O. The SMILES string of the molecule is CCC(Cc1ccc(Cl)cc1Cl)NC(=O)c1ccc(NC(=N[C@H]2C[C@H]3C[C@@H]([C@@H]2C)C3(C)C)N2CCN[C@@H](C)C2)cc1. The number of nitrogens with zero attached hydrogens (tertiary/aromatic N) is 2. The highest BCUT2D eigenvalue weighted by atomic mass is 35.5. The van der Waals surface area contributed by atoms with Crippen molar-refractivity contribution in [3.8, 4) is 0 Å². The molecule has 0 spiro atoms. The molecule has 1 aliphatic heterocycles. The smallest absolute Gasteiger partial charge is 0.251 e. The van der Waals surface area contributed by atoms with Gasteiger partial charge < -0.3 is 20.9 Å². The van der Waals surface area contributed by atoms with Gasteiger partial charge in [0.15, 0.2) is 5.96 Å². The van der Waals surface area contributed by atoms with Crippen molar-refractivity contribution in [2.75, 3.05) is 25.0 Å². The van der Waals surface area contributed by atoms with Crippen molar-refractivity contribution in [1.29, 1.82) is 0 Å². The van der Waals surface area contributed by atoms with Gasteiger partial charge in [0.25, 0.3) is 5.91 Å². The van der Waals surface area contributed by atoms with Gasteiger partial charge >= 0.3 is 0 Å². The van der Waals surface area contributed by atoms with Gasteiger partial charge in [0.1, 0.15) is 0 Å². The fourth-order valence-corrected chi connectivity index (χ4v) is 7.61. The summed E-state index contributed by atoms with van der Waals surface area (Å²) in [4.78, 5) is 20.9. The Morgan fingerprint density at radius 2 is 1.90 bits per heavy atom. The lowest BCUT2D eigenvalue weighted by Gasteiger charge is -2.61. The van der Waals surface area contributed by atoms with Crippen molar-refractivity contribution in [3.05, 3.63) is 63.6 Å². The van der Waals surface area contributed by atoms with E-state index in [1.807, 2.05) is 36.4 Å². The van der Waals surface area contributed by atoms with Crippen LogP contribution >= 0.6 is 23.2 Å². The first kappa shape index (κ1) is 30.2. The average molecular weight is 599 g/mol. The molecule has 1 unspecified atom stereocenters. The van der Waals surface area contributed by atoms with E-state index in [0.717, 1.165) is 61.5 Å².